The van der Waals surface area contributed by atoms with Gasteiger partial charge in [0.15, 0.2) is 11.7 Å². The van der Waals surface area contributed by atoms with Crippen LogP contribution in [0.3, 0.4) is 0 Å². The van der Waals surface area contributed by atoms with E-state index in [1.807, 2.05) is 68.4 Å². The maximum absolute atomic E-state index is 12.4. The van der Waals surface area contributed by atoms with Crippen LogP contribution in [0.4, 0.5) is 11.4 Å². The number of nitrogens with zero attached hydrogens (tertiary/aromatic N) is 2. The summed E-state index contributed by atoms with van der Waals surface area (Å²) in [7, 11) is 3.77. The molecule has 0 aliphatic carbocycles. The molecule has 0 bridgehead atoms. The standard InChI is InChI=1S/C21H22ClN3O2/c1-14-21(15-8-5-4-6-9-15)27-19(23-14)13-12-18(26)24-17-11-7-10-16(22)20(17)25(2)3/h4-11H,12-13H2,1-3H3,(H,24,26). The molecule has 3 aromatic rings. The van der Waals surface area contributed by atoms with Crippen molar-refractivity contribution in [1.82, 2.24) is 4.98 Å². The van der Waals surface area contributed by atoms with Crippen molar-refractivity contribution in [2.24, 2.45) is 0 Å². The molecule has 3 rings (SSSR count). The Morgan fingerprint density at radius 2 is 1.89 bits per heavy atom. The number of amides is 1. The smallest absolute Gasteiger partial charge is 0.224 e. The van der Waals surface area contributed by atoms with Gasteiger partial charge in [0.05, 0.1) is 22.1 Å². The monoisotopic (exact) mass is 383 g/mol. The van der Waals surface area contributed by atoms with Gasteiger partial charge in [-0.3, -0.25) is 4.79 Å². The highest BCUT2D eigenvalue weighted by Crippen LogP contribution is 2.32. The van der Waals surface area contributed by atoms with E-state index in [2.05, 4.69) is 10.3 Å². The van der Waals surface area contributed by atoms with Gasteiger partial charge in [0, 0.05) is 32.5 Å². The first-order chi connectivity index (χ1) is 13.0. The van der Waals surface area contributed by atoms with Gasteiger partial charge in [-0.15, -0.1) is 0 Å². The molecule has 0 saturated heterocycles. The molecule has 6 heteroatoms. The third-order valence-corrected chi connectivity index (χ3v) is 4.46. The lowest BCUT2D eigenvalue weighted by molar-refractivity contribution is -0.116. The predicted molar refractivity (Wildman–Crippen MR) is 109 cm³/mol. The second-order valence-electron chi connectivity index (χ2n) is 6.47. The first-order valence-electron chi connectivity index (χ1n) is 8.73. The van der Waals surface area contributed by atoms with E-state index in [0.29, 0.717) is 23.0 Å². The first-order valence-corrected chi connectivity index (χ1v) is 9.11. The Balaban J connectivity index is 1.66. The molecule has 0 fully saturated rings. The number of aromatic nitrogens is 1. The molecule has 0 aliphatic rings. The lowest BCUT2D eigenvalue weighted by Crippen LogP contribution is -2.17. The highest BCUT2D eigenvalue weighted by molar-refractivity contribution is 6.34. The number of carbonyl (C=O) groups is 1. The van der Waals surface area contributed by atoms with Gasteiger partial charge in [0.2, 0.25) is 5.91 Å². The van der Waals surface area contributed by atoms with Crippen molar-refractivity contribution in [3.05, 3.63) is 65.1 Å². The number of halogens is 1. The Labute approximate surface area is 164 Å². The van der Waals surface area contributed by atoms with Crippen LogP contribution in [0.2, 0.25) is 5.02 Å². The summed E-state index contributed by atoms with van der Waals surface area (Å²) in [6, 6.07) is 15.3. The Hall–Kier alpha value is -2.79. The van der Waals surface area contributed by atoms with Crippen LogP contribution in [0.1, 0.15) is 18.0 Å². The number of hydrogen-bond donors (Lipinski definition) is 1. The van der Waals surface area contributed by atoms with Crippen molar-refractivity contribution in [3.8, 4) is 11.3 Å². The van der Waals surface area contributed by atoms with Gasteiger partial charge < -0.3 is 14.6 Å². The maximum atomic E-state index is 12.4. The molecule has 0 atom stereocenters. The summed E-state index contributed by atoms with van der Waals surface area (Å²) in [5.41, 5.74) is 3.27. The van der Waals surface area contributed by atoms with Crippen molar-refractivity contribution < 1.29 is 9.21 Å². The van der Waals surface area contributed by atoms with Crippen LogP contribution in [0.25, 0.3) is 11.3 Å². The number of rotatable bonds is 6. The summed E-state index contributed by atoms with van der Waals surface area (Å²) in [4.78, 5) is 18.7. The second kappa shape index (κ2) is 8.27. The summed E-state index contributed by atoms with van der Waals surface area (Å²) in [6.07, 6.45) is 0.699. The number of carbonyl (C=O) groups excluding carboxylic acids is 1. The normalized spacial score (nSPS) is 10.7. The fourth-order valence-corrected chi connectivity index (χ4v) is 3.26. The Morgan fingerprint density at radius 1 is 1.15 bits per heavy atom. The molecule has 0 unspecified atom stereocenters. The fraction of sp³-hybridized carbons (Fsp3) is 0.238. The molecule has 5 nitrogen and oxygen atoms in total. The van der Waals surface area contributed by atoms with Crippen LogP contribution in [-0.2, 0) is 11.2 Å². The third kappa shape index (κ3) is 4.49. The summed E-state index contributed by atoms with van der Waals surface area (Å²) < 4.78 is 5.86. The van der Waals surface area contributed by atoms with E-state index in [0.717, 1.165) is 22.7 Å². The number of anilines is 2. The minimum atomic E-state index is -0.113. The van der Waals surface area contributed by atoms with E-state index in [9.17, 15) is 4.79 Å². The van der Waals surface area contributed by atoms with Gasteiger partial charge in [0.25, 0.3) is 0 Å². The van der Waals surface area contributed by atoms with Crippen LogP contribution >= 0.6 is 11.6 Å². The molecule has 1 N–H and O–H groups in total. The summed E-state index contributed by atoms with van der Waals surface area (Å²) in [5.74, 6) is 1.19. The van der Waals surface area contributed by atoms with E-state index >= 15 is 0 Å². The lowest BCUT2D eigenvalue weighted by Gasteiger charge is -2.19. The Kier molecular flexibility index (Phi) is 5.81. The van der Waals surface area contributed by atoms with Crippen molar-refractivity contribution in [3.63, 3.8) is 0 Å². The summed E-state index contributed by atoms with van der Waals surface area (Å²) >= 11 is 6.24. The highest BCUT2D eigenvalue weighted by Gasteiger charge is 2.15. The van der Waals surface area contributed by atoms with Gasteiger partial charge >= 0.3 is 0 Å². The number of oxazole rings is 1. The van der Waals surface area contributed by atoms with Crippen LogP contribution in [0, 0.1) is 6.92 Å². The predicted octanol–water partition coefficient (Wildman–Crippen LogP) is 4.94. The average Bonchev–Trinajstić information content (AvgIpc) is 3.01. The quantitative estimate of drug-likeness (QED) is 0.654. The molecule has 27 heavy (non-hydrogen) atoms. The highest BCUT2D eigenvalue weighted by atomic mass is 35.5. The zero-order valence-corrected chi connectivity index (χ0v) is 16.4. The van der Waals surface area contributed by atoms with Crippen LogP contribution in [0.15, 0.2) is 52.9 Å². The molecule has 0 saturated carbocycles. The topological polar surface area (TPSA) is 58.4 Å². The van der Waals surface area contributed by atoms with Crippen LogP contribution < -0.4 is 10.2 Å². The van der Waals surface area contributed by atoms with Crippen molar-refractivity contribution in [2.45, 2.75) is 19.8 Å². The van der Waals surface area contributed by atoms with E-state index in [1.54, 1.807) is 6.07 Å². The van der Waals surface area contributed by atoms with Gasteiger partial charge in [-0.1, -0.05) is 48.0 Å². The van der Waals surface area contributed by atoms with E-state index in [1.165, 1.54) is 0 Å². The number of aryl methyl sites for hydroxylation is 2. The molecule has 0 spiro atoms. The van der Waals surface area contributed by atoms with E-state index < -0.39 is 0 Å². The van der Waals surface area contributed by atoms with Gasteiger partial charge in [-0.25, -0.2) is 4.98 Å². The van der Waals surface area contributed by atoms with E-state index in [4.69, 9.17) is 16.0 Å². The van der Waals surface area contributed by atoms with Gasteiger partial charge in [-0.2, -0.15) is 0 Å². The minimum Gasteiger partial charge on any atom is -0.440 e. The molecular formula is C21H22ClN3O2. The largest absolute Gasteiger partial charge is 0.440 e. The molecule has 0 radical (unpaired) electrons. The molecule has 1 aromatic heterocycles. The Bertz CT molecular complexity index is 936. The maximum Gasteiger partial charge on any atom is 0.224 e. The summed E-state index contributed by atoms with van der Waals surface area (Å²) in [6.45, 7) is 1.91. The zero-order valence-electron chi connectivity index (χ0n) is 15.6. The van der Waals surface area contributed by atoms with Gasteiger partial charge in [0.1, 0.15) is 0 Å². The Morgan fingerprint density at radius 3 is 2.59 bits per heavy atom. The molecule has 2 aromatic carbocycles. The lowest BCUT2D eigenvalue weighted by atomic mass is 10.1. The number of hydrogen-bond acceptors (Lipinski definition) is 4. The SMILES string of the molecule is Cc1nc(CCC(=O)Nc2cccc(Cl)c2N(C)C)oc1-c1ccccc1. The fourth-order valence-electron chi connectivity index (χ4n) is 2.92. The van der Waals surface area contributed by atoms with Crippen molar-refractivity contribution >= 4 is 28.9 Å². The minimum absolute atomic E-state index is 0.113. The molecular weight excluding hydrogens is 362 g/mol. The average molecular weight is 384 g/mol. The van der Waals surface area contributed by atoms with Crippen LogP contribution in [-0.4, -0.2) is 25.0 Å². The number of nitrogens with one attached hydrogen (secondary N) is 1. The van der Waals surface area contributed by atoms with E-state index in [-0.39, 0.29) is 12.3 Å². The molecule has 140 valence electrons. The molecule has 0 aliphatic heterocycles. The van der Waals surface area contributed by atoms with Gasteiger partial charge in [-0.05, 0) is 19.1 Å². The third-order valence-electron chi connectivity index (χ3n) is 4.15. The molecule has 1 heterocycles. The first kappa shape index (κ1) is 19.0. The number of para-hydroxylation sites is 1. The van der Waals surface area contributed by atoms with Crippen molar-refractivity contribution in [2.75, 3.05) is 24.3 Å². The number of benzene rings is 2. The van der Waals surface area contributed by atoms with Crippen molar-refractivity contribution in [1.29, 1.82) is 0 Å². The van der Waals surface area contributed by atoms with Crippen LogP contribution in [0.5, 0.6) is 0 Å². The zero-order chi connectivity index (χ0) is 19.4. The second-order valence-corrected chi connectivity index (χ2v) is 6.87. The molecule has 1 amide bonds. The summed E-state index contributed by atoms with van der Waals surface area (Å²) in [5, 5.41) is 3.51.